The predicted molar refractivity (Wildman–Crippen MR) is 105 cm³/mol. The predicted octanol–water partition coefficient (Wildman–Crippen LogP) is 4.62. The number of alkyl carbamates (subject to hydrolysis) is 1. The fraction of sp³-hybridized carbons (Fsp3) is 0.600. The van der Waals surface area contributed by atoms with E-state index in [0.717, 1.165) is 11.1 Å². The highest BCUT2D eigenvalue weighted by molar-refractivity contribution is 6.32. The number of nitrogens with one attached hydrogen (secondary N) is 1. The number of nitrogens with zero attached hydrogens (tertiary/aromatic N) is 1. The summed E-state index contributed by atoms with van der Waals surface area (Å²) in [6.07, 6.45) is -0.975. The topological polar surface area (TPSA) is 67.9 Å². The molecule has 1 aromatic rings. The highest BCUT2D eigenvalue weighted by Gasteiger charge is 2.50. The second-order valence-corrected chi connectivity index (χ2v) is 9.36. The Morgan fingerprint density at radius 2 is 1.63 bits per heavy atom. The van der Waals surface area contributed by atoms with Crippen molar-refractivity contribution in [2.45, 2.75) is 65.2 Å². The summed E-state index contributed by atoms with van der Waals surface area (Å²) in [6, 6.07) is 5.64. The molecule has 0 saturated carbocycles. The number of benzene rings is 1. The van der Waals surface area contributed by atoms with Gasteiger partial charge in [-0.2, -0.15) is 0 Å². The van der Waals surface area contributed by atoms with E-state index in [0.29, 0.717) is 5.02 Å². The highest BCUT2D eigenvalue weighted by Crippen LogP contribution is 2.38. The highest BCUT2D eigenvalue weighted by atomic mass is 35.5. The van der Waals surface area contributed by atoms with E-state index in [1.54, 1.807) is 25.7 Å². The monoisotopic (exact) mass is 396 g/mol. The molecule has 1 heterocycles. The summed E-state index contributed by atoms with van der Waals surface area (Å²) < 4.78 is 10.8. The van der Waals surface area contributed by atoms with E-state index < -0.39 is 28.9 Å². The molecule has 0 atom stereocenters. The van der Waals surface area contributed by atoms with E-state index in [1.807, 2.05) is 45.9 Å². The summed E-state index contributed by atoms with van der Waals surface area (Å²) in [7, 11) is 0. The van der Waals surface area contributed by atoms with Crippen molar-refractivity contribution in [2.24, 2.45) is 0 Å². The molecule has 0 aromatic heterocycles. The van der Waals surface area contributed by atoms with Gasteiger partial charge in [-0.1, -0.05) is 29.8 Å². The van der Waals surface area contributed by atoms with Gasteiger partial charge in [0.05, 0.1) is 13.1 Å². The lowest BCUT2D eigenvalue weighted by molar-refractivity contribution is -0.0229. The van der Waals surface area contributed by atoms with Gasteiger partial charge in [0.25, 0.3) is 0 Å². The third-order valence-corrected chi connectivity index (χ3v) is 4.52. The van der Waals surface area contributed by atoms with Crippen LogP contribution in [0.25, 0.3) is 0 Å². The standard InChI is InChI=1S/C20H29ClN2O4/c1-13-9-8-10-14(15(13)21)20(22-16(24)26-18(2,3)4)11-23(12-20)17(25)27-19(5,6)7/h8-10H,11-12H2,1-7H3,(H,22,24). The number of hydrogen-bond donors (Lipinski definition) is 1. The molecule has 0 unspecified atom stereocenters. The van der Waals surface area contributed by atoms with Crippen LogP contribution in [0.2, 0.25) is 5.02 Å². The molecule has 0 bridgehead atoms. The number of carbonyl (C=O) groups excluding carboxylic acids is 2. The summed E-state index contributed by atoms with van der Waals surface area (Å²) >= 11 is 6.51. The molecule has 27 heavy (non-hydrogen) atoms. The summed E-state index contributed by atoms with van der Waals surface area (Å²) in [5.41, 5.74) is -0.377. The second-order valence-electron chi connectivity index (χ2n) is 8.98. The second kappa shape index (κ2) is 7.23. The molecule has 1 aliphatic rings. The van der Waals surface area contributed by atoms with Gasteiger partial charge in [0.1, 0.15) is 16.7 Å². The van der Waals surface area contributed by atoms with Gasteiger partial charge in [0.15, 0.2) is 0 Å². The van der Waals surface area contributed by atoms with Crippen LogP contribution in [0.15, 0.2) is 18.2 Å². The largest absolute Gasteiger partial charge is 0.444 e. The van der Waals surface area contributed by atoms with Crippen molar-refractivity contribution in [1.82, 2.24) is 10.2 Å². The number of rotatable bonds is 2. The van der Waals surface area contributed by atoms with Gasteiger partial charge in [-0.25, -0.2) is 9.59 Å². The van der Waals surface area contributed by atoms with Crippen LogP contribution in [-0.4, -0.2) is 41.4 Å². The Hall–Kier alpha value is -1.95. The Labute approximate surface area is 166 Å². The molecular weight excluding hydrogens is 368 g/mol. The summed E-state index contributed by atoms with van der Waals surface area (Å²) in [5, 5.41) is 3.49. The van der Waals surface area contributed by atoms with Crippen molar-refractivity contribution in [2.75, 3.05) is 13.1 Å². The zero-order valence-corrected chi connectivity index (χ0v) is 17.9. The Morgan fingerprint density at radius 3 is 2.15 bits per heavy atom. The van der Waals surface area contributed by atoms with E-state index in [2.05, 4.69) is 5.32 Å². The van der Waals surface area contributed by atoms with E-state index in [4.69, 9.17) is 21.1 Å². The van der Waals surface area contributed by atoms with E-state index in [-0.39, 0.29) is 13.1 Å². The molecule has 6 nitrogen and oxygen atoms in total. The molecule has 2 rings (SSSR count). The number of carbonyl (C=O) groups is 2. The Morgan fingerprint density at radius 1 is 1.07 bits per heavy atom. The molecule has 1 aromatic carbocycles. The van der Waals surface area contributed by atoms with Crippen LogP contribution in [-0.2, 0) is 15.0 Å². The Kier molecular flexibility index (Phi) is 5.71. The fourth-order valence-corrected chi connectivity index (χ4v) is 3.20. The number of ether oxygens (including phenoxy) is 2. The Bertz CT molecular complexity index is 728. The number of hydrogen-bond acceptors (Lipinski definition) is 4. The van der Waals surface area contributed by atoms with Gasteiger partial charge >= 0.3 is 12.2 Å². The van der Waals surface area contributed by atoms with Crippen molar-refractivity contribution >= 4 is 23.8 Å². The minimum atomic E-state index is -0.817. The molecular formula is C20H29ClN2O4. The minimum Gasteiger partial charge on any atom is -0.444 e. The van der Waals surface area contributed by atoms with Gasteiger partial charge in [-0.15, -0.1) is 0 Å². The van der Waals surface area contributed by atoms with E-state index in [1.165, 1.54) is 0 Å². The molecule has 150 valence electrons. The first-order chi connectivity index (χ1) is 12.2. The molecule has 1 fully saturated rings. The van der Waals surface area contributed by atoms with Gasteiger partial charge in [0.2, 0.25) is 0 Å². The third kappa shape index (κ3) is 5.28. The average Bonchev–Trinajstić information content (AvgIpc) is 2.41. The van der Waals surface area contributed by atoms with Crippen molar-refractivity contribution in [3.8, 4) is 0 Å². The van der Waals surface area contributed by atoms with Gasteiger partial charge in [-0.3, -0.25) is 0 Å². The lowest BCUT2D eigenvalue weighted by atomic mass is 9.82. The first kappa shape index (κ1) is 21.4. The van der Waals surface area contributed by atoms with Gasteiger partial charge < -0.3 is 19.7 Å². The summed E-state index contributed by atoms with van der Waals surface area (Å²) in [5.74, 6) is 0. The summed E-state index contributed by atoms with van der Waals surface area (Å²) in [4.78, 5) is 26.3. The van der Waals surface area contributed by atoms with Crippen LogP contribution >= 0.6 is 11.6 Å². The Balaban J connectivity index is 2.26. The molecule has 0 spiro atoms. The van der Waals surface area contributed by atoms with Crippen LogP contribution in [0.1, 0.15) is 52.7 Å². The normalized spacial score (nSPS) is 16.4. The first-order valence-electron chi connectivity index (χ1n) is 8.97. The quantitative estimate of drug-likeness (QED) is 0.791. The van der Waals surface area contributed by atoms with Crippen LogP contribution in [0.4, 0.5) is 9.59 Å². The summed E-state index contributed by atoms with van der Waals surface area (Å²) in [6.45, 7) is 13.2. The lowest BCUT2D eigenvalue weighted by Crippen LogP contribution is -2.69. The van der Waals surface area contributed by atoms with Gasteiger partial charge in [-0.05, 0) is 54.0 Å². The van der Waals surface area contributed by atoms with Crippen molar-refractivity contribution < 1.29 is 19.1 Å². The molecule has 0 aliphatic carbocycles. The van der Waals surface area contributed by atoms with Crippen LogP contribution in [0.3, 0.4) is 0 Å². The molecule has 7 heteroatoms. The smallest absolute Gasteiger partial charge is 0.410 e. The zero-order chi connectivity index (χ0) is 20.6. The number of likely N-dealkylation sites (tertiary alicyclic amines) is 1. The SMILES string of the molecule is Cc1cccc(C2(NC(=O)OC(C)(C)C)CN(C(=O)OC(C)(C)C)C2)c1Cl. The zero-order valence-electron chi connectivity index (χ0n) is 17.1. The van der Waals surface area contributed by atoms with Crippen LogP contribution < -0.4 is 5.32 Å². The van der Waals surface area contributed by atoms with Crippen molar-refractivity contribution in [3.05, 3.63) is 34.3 Å². The number of aryl methyl sites for hydroxylation is 1. The molecule has 0 radical (unpaired) electrons. The lowest BCUT2D eigenvalue weighted by Gasteiger charge is -2.50. The maximum atomic E-state index is 12.4. The molecule has 1 N–H and O–H groups in total. The number of halogens is 1. The minimum absolute atomic E-state index is 0.254. The average molecular weight is 397 g/mol. The van der Waals surface area contributed by atoms with Crippen LogP contribution in [0, 0.1) is 6.92 Å². The van der Waals surface area contributed by atoms with E-state index >= 15 is 0 Å². The maximum Gasteiger partial charge on any atom is 0.410 e. The third-order valence-electron chi connectivity index (χ3n) is 4.02. The first-order valence-corrected chi connectivity index (χ1v) is 9.35. The van der Waals surface area contributed by atoms with Crippen LogP contribution in [0.5, 0.6) is 0 Å². The van der Waals surface area contributed by atoms with Crippen molar-refractivity contribution in [3.63, 3.8) is 0 Å². The van der Waals surface area contributed by atoms with E-state index in [9.17, 15) is 9.59 Å². The molecule has 1 saturated heterocycles. The van der Waals surface area contributed by atoms with Crippen molar-refractivity contribution in [1.29, 1.82) is 0 Å². The number of amides is 2. The fourth-order valence-electron chi connectivity index (χ4n) is 2.89. The maximum absolute atomic E-state index is 12.4. The van der Waals surface area contributed by atoms with Gasteiger partial charge in [0, 0.05) is 10.6 Å². The molecule has 1 aliphatic heterocycles. The molecule has 2 amide bonds.